The molecule has 1 heteroatoms. The zero-order valence-corrected chi connectivity index (χ0v) is 10.9. The molecule has 0 radical (unpaired) electrons. The van der Waals surface area contributed by atoms with Gasteiger partial charge in [0.05, 0.1) is 5.38 Å². The lowest BCUT2D eigenvalue weighted by atomic mass is 9.90. The van der Waals surface area contributed by atoms with Gasteiger partial charge in [0, 0.05) is 0 Å². The molecule has 0 spiro atoms. The van der Waals surface area contributed by atoms with E-state index in [1.807, 2.05) is 0 Å². The highest BCUT2D eigenvalue weighted by Crippen LogP contribution is 2.33. The van der Waals surface area contributed by atoms with E-state index in [0.717, 1.165) is 6.42 Å². The molecule has 1 aromatic carbocycles. The molecule has 1 rings (SSSR count). The lowest BCUT2D eigenvalue weighted by molar-refractivity contribution is 0.406. The van der Waals surface area contributed by atoms with Crippen LogP contribution in [-0.4, -0.2) is 0 Å². The average molecular weight is 225 g/mol. The van der Waals surface area contributed by atoms with Gasteiger partial charge in [-0.1, -0.05) is 52.0 Å². The molecule has 0 aliphatic carbocycles. The fraction of sp³-hybridized carbons (Fsp3) is 0.571. The van der Waals surface area contributed by atoms with Gasteiger partial charge >= 0.3 is 0 Å². The van der Waals surface area contributed by atoms with Crippen molar-refractivity contribution < 1.29 is 0 Å². The molecule has 0 amide bonds. The Morgan fingerprint density at radius 1 is 1.07 bits per heavy atom. The summed E-state index contributed by atoms with van der Waals surface area (Å²) in [5.41, 5.74) is 2.62. The molecule has 0 fully saturated rings. The van der Waals surface area contributed by atoms with Crippen molar-refractivity contribution >= 4 is 11.6 Å². The van der Waals surface area contributed by atoms with Gasteiger partial charge in [-0.25, -0.2) is 0 Å². The lowest BCUT2D eigenvalue weighted by Crippen LogP contribution is -2.10. The number of hydrogen-bond donors (Lipinski definition) is 0. The van der Waals surface area contributed by atoms with Crippen LogP contribution in [0.25, 0.3) is 0 Å². The summed E-state index contributed by atoms with van der Waals surface area (Å²) in [6, 6.07) is 8.68. The largest absolute Gasteiger partial charge is 0.118 e. The van der Waals surface area contributed by atoms with Crippen molar-refractivity contribution in [3.8, 4) is 0 Å². The van der Waals surface area contributed by atoms with Crippen LogP contribution in [0, 0.1) is 11.8 Å². The van der Waals surface area contributed by atoms with Crippen LogP contribution in [0.1, 0.15) is 44.2 Å². The molecule has 0 heterocycles. The maximum absolute atomic E-state index is 6.45. The van der Waals surface area contributed by atoms with E-state index in [1.165, 1.54) is 11.1 Å². The summed E-state index contributed by atoms with van der Waals surface area (Å²) >= 11 is 6.45. The molecule has 0 nitrogen and oxygen atoms in total. The van der Waals surface area contributed by atoms with Gasteiger partial charge in [0.25, 0.3) is 0 Å². The average Bonchev–Trinajstić information content (AvgIpc) is 2.27. The Morgan fingerprint density at radius 2 is 1.60 bits per heavy atom. The Bertz CT molecular complexity index is 287. The smallest absolute Gasteiger partial charge is 0.0613 e. The van der Waals surface area contributed by atoms with Crippen molar-refractivity contribution in [3.05, 3.63) is 35.4 Å². The summed E-state index contributed by atoms with van der Waals surface area (Å²) in [5.74, 6) is 1.14. The highest BCUT2D eigenvalue weighted by Gasteiger charge is 2.19. The first-order valence-corrected chi connectivity index (χ1v) is 6.22. The normalized spacial score (nSPS) is 15.3. The summed E-state index contributed by atoms with van der Waals surface area (Å²) in [7, 11) is 0. The molecule has 0 aliphatic heterocycles. The zero-order valence-electron chi connectivity index (χ0n) is 10.1. The van der Waals surface area contributed by atoms with Gasteiger partial charge in [-0.15, -0.1) is 11.6 Å². The van der Waals surface area contributed by atoms with Gasteiger partial charge in [-0.3, -0.25) is 0 Å². The van der Waals surface area contributed by atoms with Gasteiger partial charge in [0.1, 0.15) is 0 Å². The van der Waals surface area contributed by atoms with Crippen LogP contribution in [0.5, 0.6) is 0 Å². The van der Waals surface area contributed by atoms with Gasteiger partial charge in [-0.05, 0) is 29.4 Å². The third-order valence-electron chi connectivity index (χ3n) is 3.22. The Balaban J connectivity index is 2.78. The van der Waals surface area contributed by atoms with E-state index in [9.17, 15) is 0 Å². The molecular formula is C14H21Cl. The van der Waals surface area contributed by atoms with Gasteiger partial charge in [-0.2, -0.15) is 0 Å². The van der Waals surface area contributed by atoms with Gasteiger partial charge < -0.3 is 0 Å². The van der Waals surface area contributed by atoms with Crippen molar-refractivity contribution in [1.29, 1.82) is 0 Å². The third kappa shape index (κ3) is 3.24. The first-order valence-electron chi connectivity index (χ1n) is 5.79. The minimum atomic E-state index is 0.135. The number of rotatable bonds is 4. The lowest BCUT2D eigenvalue weighted by Gasteiger charge is -2.22. The van der Waals surface area contributed by atoms with E-state index in [0.29, 0.717) is 11.8 Å². The molecule has 2 unspecified atom stereocenters. The van der Waals surface area contributed by atoms with Crippen molar-refractivity contribution in [1.82, 2.24) is 0 Å². The minimum Gasteiger partial charge on any atom is -0.118 e. The molecule has 0 saturated carbocycles. The second-order valence-corrected chi connectivity index (χ2v) is 5.07. The van der Waals surface area contributed by atoms with Crippen LogP contribution in [0.2, 0.25) is 0 Å². The quantitative estimate of drug-likeness (QED) is 0.644. The topological polar surface area (TPSA) is 0 Å². The molecular weight excluding hydrogens is 204 g/mol. The first-order chi connectivity index (χ1) is 7.06. The fourth-order valence-electron chi connectivity index (χ4n) is 1.58. The highest BCUT2D eigenvalue weighted by molar-refractivity contribution is 6.21. The predicted octanol–water partition coefficient (Wildman–Crippen LogP) is 4.82. The molecule has 0 aliphatic rings. The maximum atomic E-state index is 6.45. The second-order valence-electron chi connectivity index (χ2n) is 4.60. The van der Waals surface area contributed by atoms with E-state index in [1.54, 1.807) is 0 Å². The molecule has 1 aromatic rings. The molecule has 84 valence electrons. The van der Waals surface area contributed by atoms with E-state index < -0.39 is 0 Å². The number of halogens is 1. The van der Waals surface area contributed by atoms with Crippen LogP contribution >= 0.6 is 11.6 Å². The van der Waals surface area contributed by atoms with Crippen molar-refractivity contribution in [2.24, 2.45) is 11.8 Å². The van der Waals surface area contributed by atoms with Crippen molar-refractivity contribution in [2.75, 3.05) is 0 Å². The molecule has 0 bridgehead atoms. The number of aryl methyl sites for hydroxylation is 1. The van der Waals surface area contributed by atoms with Crippen LogP contribution in [0.3, 0.4) is 0 Å². The highest BCUT2D eigenvalue weighted by atomic mass is 35.5. The van der Waals surface area contributed by atoms with E-state index in [2.05, 4.69) is 52.0 Å². The second kappa shape index (κ2) is 5.55. The van der Waals surface area contributed by atoms with E-state index >= 15 is 0 Å². The molecule has 15 heavy (non-hydrogen) atoms. The summed E-state index contributed by atoms with van der Waals surface area (Å²) < 4.78 is 0. The molecule has 2 atom stereocenters. The SMILES string of the molecule is CCc1ccc(C(Cl)C(C)C(C)C)cc1. The Morgan fingerprint density at radius 3 is 2.00 bits per heavy atom. The predicted molar refractivity (Wildman–Crippen MR) is 68.4 cm³/mol. The summed E-state index contributed by atoms with van der Waals surface area (Å²) in [4.78, 5) is 0. The molecule has 0 saturated heterocycles. The third-order valence-corrected chi connectivity index (χ3v) is 3.87. The first kappa shape index (κ1) is 12.6. The zero-order chi connectivity index (χ0) is 11.4. The van der Waals surface area contributed by atoms with E-state index in [-0.39, 0.29) is 5.38 Å². The number of hydrogen-bond acceptors (Lipinski definition) is 0. The molecule has 0 aromatic heterocycles. The van der Waals surface area contributed by atoms with Crippen LogP contribution in [0.4, 0.5) is 0 Å². The summed E-state index contributed by atoms with van der Waals surface area (Å²) in [5, 5.41) is 0.135. The summed E-state index contributed by atoms with van der Waals surface area (Å²) in [6.45, 7) is 8.83. The van der Waals surface area contributed by atoms with Crippen LogP contribution < -0.4 is 0 Å². The maximum Gasteiger partial charge on any atom is 0.0613 e. The van der Waals surface area contributed by atoms with Crippen LogP contribution in [0.15, 0.2) is 24.3 Å². The Hall–Kier alpha value is -0.490. The molecule has 0 N–H and O–H groups in total. The standard InChI is InChI=1S/C14H21Cl/c1-5-12-6-8-13(9-7-12)14(15)11(4)10(2)3/h6-11,14H,5H2,1-4H3. The van der Waals surface area contributed by atoms with Crippen LogP contribution in [-0.2, 0) is 6.42 Å². The summed E-state index contributed by atoms with van der Waals surface area (Å²) in [6.07, 6.45) is 1.09. The minimum absolute atomic E-state index is 0.135. The van der Waals surface area contributed by atoms with Crippen molar-refractivity contribution in [3.63, 3.8) is 0 Å². The fourth-order valence-corrected chi connectivity index (χ4v) is 2.02. The Labute approximate surface area is 98.7 Å². The van der Waals surface area contributed by atoms with E-state index in [4.69, 9.17) is 11.6 Å². The Kier molecular flexibility index (Phi) is 4.66. The monoisotopic (exact) mass is 224 g/mol. The van der Waals surface area contributed by atoms with Gasteiger partial charge in [0.15, 0.2) is 0 Å². The number of alkyl halides is 1. The van der Waals surface area contributed by atoms with Gasteiger partial charge in [0.2, 0.25) is 0 Å². The van der Waals surface area contributed by atoms with Crippen molar-refractivity contribution in [2.45, 2.75) is 39.5 Å². The number of benzene rings is 1.